The summed E-state index contributed by atoms with van der Waals surface area (Å²) in [4.78, 5) is 0. The maximum absolute atomic E-state index is 13.7. The van der Waals surface area contributed by atoms with E-state index in [0.29, 0.717) is 17.1 Å². The van der Waals surface area contributed by atoms with E-state index in [1.54, 1.807) is 18.2 Å². The van der Waals surface area contributed by atoms with Crippen LogP contribution in [0.4, 0.5) is 21.5 Å². The van der Waals surface area contributed by atoms with Crippen LogP contribution in [0.2, 0.25) is 0 Å². The van der Waals surface area contributed by atoms with Crippen LogP contribution in [0.3, 0.4) is 0 Å². The number of halogens is 2. The van der Waals surface area contributed by atoms with Gasteiger partial charge in [0.15, 0.2) is 0 Å². The molecule has 0 unspecified atom stereocenters. The average molecular weight is 353 g/mol. The van der Waals surface area contributed by atoms with Crippen LogP contribution in [-0.4, -0.2) is 0 Å². The highest BCUT2D eigenvalue weighted by atomic mass is 127. The van der Waals surface area contributed by atoms with Gasteiger partial charge in [0.05, 0.1) is 28.7 Å². The molecule has 0 atom stereocenters. The van der Waals surface area contributed by atoms with Crippen molar-refractivity contribution >= 4 is 39.7 Å². The van der Waals surface area contributed by atoms with Crippen LogP contribution in [0.25, 0.3) is 0 Å². The van der Waals surface area contributed by atoms with Gasteiger partial charge < -0.3 is 11.1 Å². The summed E-state index contributed by atoms with van der Waals surface area (Å²) < 4.78 is 14.7. The van der Waals surface area contributed by atoms with Crippen molar-refractivity contribution in [1.29, 1.82) is 5.26 Å². The summed E-state index contributed by atoms with van der Waals surface area (Å²) in [5, 5.41) is 11.6. The maximum Gasteiger partial charge on any atom is 0.147 e. The molecule has 18 heavy (non-hydrogen) atoms. The highest BCUT2D eigenvalue weighted by Gasteiger charge is 2.06. The second kappa shape index (κ2) is 5.23. The molecule has 0 saturated heterocycles. The number of nitrogens with one attached hydrogen (secondary N) is 1. The quantitative estimate of drug-likeness (QED) is 0.640. The number of nitrogens with two attached hydrogens (primary N) is 1. The van der Waals surface area contributed by atoms with E-state index >= 15 is 0 Å². The highest BCUT2D eigenvalue weighted by Crippen LogP contribution is 2.26. The molecule has 5 heteroatoms. The van der Waals surface area contributed by atoms with Gasteiger partial charge in [-0.05, 0) is 59.0 Å². The van der Waals surface area contributed by atoms with Crippen molar-refractivity contribution in [3.8, 4) is 6.07 Å². The van der Waals surface area contributed by atoms with Crippen LogP contribution in [-0.2, 0) is 0 Å². The Hall–Kier alpha value is -1.81. The van der Waals surface area contributed by atoms with Gasteiger partial charge in [-0.2, -0.15) is 5.26 Å². The summed E-state index contributed by atoms with van der Waals surface area (Å²) >= 11 is 2.15. The summed E-state index contributed by atoms with van der Waals surface area (Å²) in [6.45, 7) is 0. The van der Waals surface area contributed by atoms with E-state index in [0.717, 1.165) is 3.57 Å². The third-order valence-electron chi connectivity index (χ3n) is 2.38. The minimum Gasteiger partial charge on any atom is -0.397 e. The summed E-state index contributed by atoms with van der Waals surface area (Å²) in [5.74, 6) is -0.480. The SMILES string of the molecule is N#Cc1ccc(Nc2ccc(I)cc2N)c(F)c1. The molecule has 0 amide bonds. The normalized spacial score (nSPS) is 9.83. The smallest absolute Gasteiger partial charge is 0.147 e. The van der Waals surface area contributed by atoms with Crippen molar-refractivity contribution in [2.75, 3.05) is 11.1 Å². The summed E-state index contributed by atoms with van der Waals surface area (Å²) in [6, 6.07) is 11.6. The summed E-state index contributed by atoms with van der Waals surface area (Å²) in [7, 11) is 0. The first-order valence-corrected chi connectivity index (χ1v) is 6.20. The van der Waals surface area contributed by atoms with E-state index in [-0.39, 0.29) is 5.56 Å². The van der Waals surface area contributed by atoms with Crippen LogP contribution >= 0.6 is 22.6 Å². The van der Waals surface area contributed by atoms with E-state index in [2.05, 4.69) is 27.9 Å². The first kappa shape index (κ1) is 12.6. The highest BCUT2D eigenvalue weighted by molar-refractivity contribution is 14.1. The Bertz CT molecular complexity index is 635. The third-order valence-corrected chi connectivity index (χ3v) is 3.05. The molecule has 90 valence electrons. The Balaban J connectivity index is 2.32. The van der Waals surface area contributed by atoms with E-state index in [1.165, 1.54) is 12.1 Å². The molecule has 0 aliphatic carbocycles. The molecule has 2 aromatic rings. The summed E-state index contributed by atoms with van der Waals surface area (Å²) in [5.41, 5.74) is 7.60. The molecule has 0 aromatic heterocycles. The first-order valence-electron chi connectivity index (χ1n) is 5.12. The molecule has 3 N–H and O–H groups in total. The standard InChI is InChI=1S/C13H9FIN3/c14-10-5-8(7-16)1-3-12(10)18-13-4-2-9(15)6-11(13)17/h1-6,18H,17H2. The Morgan fingerprint density at radius 3 is 2.50 bits per heavy atom. The largest absolute Gasteiger partial charge is 0.397 e. The molecule has 0 aliphatic rings. The number of rotatable bonds is 2. The van der Waals surface area contributed by atoms with Crippen LogP contribution in [0, 0.1) is 20.7 Å². The zero-order valence-electron chi connectivity index (χ0n) is 9.24. The number of nitrogen functional groups attached to an aromatic ring is 1. The van der Waals surface area contributed by atoms with Gasteiger partial charge in [-0.1, -0.05) is 0 Å². The van der Waals surface area contributed by atoms with Gasteiger partial charge >= 0.3 is 0 Å². The Labute approximate surface area is 118 Å². The molecule has 2 rings (SSSR count). The molecule has 0 radical (unpaired) electrons. The number of hydrogen-bond donors (Lipinski definition) is 2. The maximum atomic E-state index is 13.7. The van der Waals surface area contributed by atoms with Gasteiger partial charge in [-0.15, -0.1) is 0 Å². The number of anilines is 3. The van der Waals surface area contributed by atoms with Gasteiger partial charge in [0.2, 0.25) is 0 Å². The molecular weight excluding hydrogens is 344 g/mol. The van der Waals surface area contributed by atoms with Crippen molar-refractivity contribution in [3.63, 3.8) is 0 Å². The average Bonchev–Trinajstić information content (AvgIpc) is 2.34. The molecule has 0 heterocycles. The lowest BCUT2D eigenvalue weighted by atomic mass is 10.2. The molecule has 0 fully saturated rings. The molecule has 0 aliphatic heterocycles. The molecule has 0 spiro atoms. The van der Waals surface area contributed by atoms with Gasteiger partial charge in [0.1, 0.15) is 5.82 Å². The Morgan fingerprint density at radius 2 is 1.89 bits per heavy atom. The number of nitriles is 1. The van der Waals surface area contributed by atoms with E-state index in [9.17, 15) is 4.39 Å². The zero-order chi connectivity index (χ0) is 13.1. The third kappa shape index (κ3) is 2.71. The monoisotopic (exact) mass is 353 g/mol. The molecule has 2 aromatic carbocycles. The molecule has 0 saturated carbocycles. The number of nitrogens with zero attached hydrogens (tertiary/aromatic N) is 1. The lowest BCUT2D eigenvalue weighted by Crippen LogP contribution is -1.98. The predicted molar refractivity (Wildman–Crippen MR) is 78.0 cm³/mol. The number of hydrogen-bond acceptors (Lipinski definition) is 3. The van der Waals surface area contributed by atoms with Crippen LogP contribution in [0.5, 0.6) is 0 Å². The zero-order valence-corrected chi connectivity index (χ0v) is 11.4. The summed E-state index contributed by atoms with van der Waals surface area (Å²) in [6.07, 6.45) is 0. The minimum atomic E-state index is -0.480. The topological polar surface area (TPSA) is 61.8 Å². The second-order valence-corrected chi connectivity index (χ2v) is 4.91. The number of benzene rings is 2. The lowest BCUT2D eigenvalue weighted by molar-refractivity contribution is 0.631. The van der Waals surface area contributed by atoms with Crippen molar-refractivity contribution in [1.82, 2.24) is 0 Å². The fraction of sp³-hybridized carbons (Fsp3) is 0. The van der Waals surface area contributed by atoms with Gasteiger partial charge in [-0.25, -0.2) is 4.39 Å². The van der Waals surface area contributed by atoms with Crippen LogP contribution < -0.4 is 11.1 Å². The van der Waals surface area contributed by atoms with Crippen molar-refractivity contribution < 1.29 is 4.39 Å². The molecular formula is C13H9FIN3. The van der Waals surface area contributed by atoms with Gasteiger partial charge in [0.25, 0.3) is 0 Å². The van der Waals surface area contributed by atoms with E-state index in [4.69, 9.17) is 11.0 Å². The van der Waals surface area contributed by atoms with Crippen LogP contribution in [0.15, 0.2) is 36.4 Å². The second-order valence-electron chi connectivity index (χ2n) is 3.66. The van der Waals surface area contributed by atoms with Crippen molar-refractivity contribution in [2.45, 2.75) is 0 Å². The van der Waals surface area contributed by atoms with Crippen molar-refractivity contribution in [3.05, 3.63) is 51.3 Å². The lowest BCUT2D eigenvalue weighted by Gasteiger charge is -2.10. The Kier molecular flexibility index (Phi) is 3.67. The van der Waals surface area contributed by atoms with Crippen LogP contribution in [0.1, 0.15) is 5.56 Å². The van der Waals surface area contributed by atoms with Crippen molar-refractivity contribution in [2.24, 2.45) is 0 Å². The Morgan fingerprint density at radius 1 is 1.17 bits per heavy atom. The molecule has 0 bridgehead atoms. The van der Waals surface area contributed by atoms with Gasteiger partial charge in [-0.3, -0.25) is 0 Å². The molecule has 3 nitrogen and oxygen atoms in total. The van der Waals surface area contributed by atoms with Gasteiger partial charge in [0, 0.05) is 3.57 Å². The fourth-order valence-corrected chi connectivity index (χ4v) is 1.99. The first-order chi connectivity index (χ1) is 8.60. The fourth-order valence-electron chi connectivity index (χ4n) is 1.48. The van der Waals surface area contributed by atoms with E-state index < -0.39 is 5.82 Å². The predicted octanol–water partition coefficient (Wildman–Crippen LogP) is 3.63. The van der Waals surface area contributed by atoms with E-state index in [1.807, 2.05) is 12.1 Å². The minimum absolute atomic E-state index is 0.286.